The lowest BCUT2D eigenvalue weighted by Crippen LogP contribution is -2.30. The molecule has 144 valence electrons. The van der Waals surface area contributed by atoms with E-state index in [4.69, 9.17) is 0 Å². The van der Waals surface area contributed by atoms with Gasteiger partial charge in [-0.3, -0.25) is 9.69 Å². The predicted molar refractivity (Wildman–Crippen MR) is 113 cm³/mol. The molecule has 0 atom stereocenters. The van der Waals surface area contributed by atoms with E-state index >= 15 is 0 Å². The average molecular weight is 406 g/mol. The Labute approximate surface area is 171 Å². The number of anilines is 1. The highest BCUT2D eigenvalue weighted by Gasteiger charge is 2.32. The SMILES string of the molecule is O=C1/C(=C\c2ccccc2)N=C(SCc2ccccc2F)N1c1ccc(F)cc1. The third-order valence-electron chi connectivity index (χ3n) is 4.33. The molecule has 3 aromatic rings. The summed E-state index contributed by atoms with van der Waals surface area (Å²) >= 11 is 1.26. The summed E-state index contributed by atoms with van der Waals surface area (Å²) in [5, 5.41) is 0.423. The molecule has 6 heteroatoms. The number of hydrogen-bond donors (Lipinski definition) is 0. The molecule has 0 bridgehead atoms. The van der Waals surface area contributed by atoms with Crippen LogP contribution in [0.3, 0.4) is 0 Å². The summed E-state index contributed by atoms with van der Waals surface area (Å²) in [4.78, 5) is 19.0. The van der Waals surface area contributed by atoms with E-state index in [0.29, 0.717) is 22.2 Å². The fraction of sp³-hybridized carbons (Fsp3) is 0.0435. The fourth-order valence-corrected chi connectivity index (χ4v) is 3.87. The fourth-order valence-electron chi connectivity index (χ4n) is 2.88. The number of amides is 1. The maximum Gasteiger partial charge on any atom is 0.283 e. The first-order valence-corrected chi connectivity index (χ1v) is 9.92. The normalized spacial score (nSPS) is 15.1. The van der Waals surface area contributed by atoms with Gasteiger partial charge in [0.05, 0.1) is 5.69 Å². The van der Waals surface area contributed by atoms with Gasteiger partial charge in [-0.25, -0.2) is 13.8 Å². The second-order valence-electron chi connectivity index (χ2n) is 6.33. The molecule has 4 rings (SSSR count). The summed E-state index contributed by atoms with van der Waals surface area (Å²) < 4.78 is 27.3. The zero-order valence-electron chi connectivity index (χ0n) is 15.3. The van der Waals surface area contributed by atoms with Gasteiger partial charge in [0.15, 0.2) is 5.17 Å². The van der Waals surface area contributed by atoms with Crippen LogP contribution in [0.15, 0.2) is 89.6 Å². The molecule has 0 unspecified atom stereocenters. The van der Waals surface area contributed by atoms with Crippen LogP contribution in [0.4, 0.5) is 14.5 Å². The number of hydrogen-bond acceptors (Lipinski definition) is 3. The minimum atomic E-state index is -0.391. The van der Waals surface area contributed by atoms with E-state index in [1.54, 1.807) is 24.3 Å². The van der Waals surface area contributed by atoms with Crippen molar-refractivity contribution < 1.29 is 13.6 Å². The van der Waals surface area contributed by atoms with Crippen LogP contribution >= 0.6 is 11.8 Å². The van der Waals surface area contributed by atoms with Gasteiger partial charge >= 0.3 is 0 Å². The number of aliphatic imine (C=N–C) groups is 1. The van der Waals surface area contributed by atoms with E-state index in [1.165, 1.54) is 47.0 Å². The Morgan fingerprint density at radius 1 is 0.897 bits per heavy atom. The zero-order valence-corrected chi connectivity index (χ0v) is 16.1. The minimum absolute atomic E-state index is 0.275. The minimum Gasteiger partial charge on any atom is -0.266 e. The van der Waals surface area contributed by atoms with Crippen molar-refractivity contribution in [1.82, 2.24) is 0 Å². The highest BCUT2D eigenvalue weighted by Crippen LogP contribution is 2.31. The van der Waals surface area contributed by atoms with Gasteiger partial charge in [-0.2, -0.15) is 0 Å². The molecule has 0 saturated carbocycles. The predicted octanol–water partition coefficient (Wildman–Crippen LogP) is 5.64. The van der Waals surface area contributed by atoms with Crippen molar-refractivity contribution in [3.8, 4) is 0 Å². The maximum atomic E-state index is 14.0. The molecule has 29 heavy (non-hydrogen) atoms. The van der Waals surface area contributed by atoms with Gasteiger partial charge in [-0.15, -0.1) is 0 Å². The molecular formula is C23H16F2N2OS. The lowest BCUT2D eigenvalue weighted by Gasteiger charge is -2.17. The Kier molecular flexibility index (Phi) is 5.53. The van der Waals surface area contributed by atoms with Gasteiger partial charge in [0.25, 0.3) is 5.91 Å². The summed E-state index contributed by atoms with van der Waals surface area (Å²) in [5.41, 5.74) is 2.15. The molecule has 0 radical (unpaired) electrons. The van der Waals surface area contributed by atoms with Crippen LogP contribution < -0.4 is 4.90 Å². The van der Waals surface area contributed by atoms with E-state index in [1.807, 2.05) is 30.3 Å². The second-order valence-corrected chi connectivity index (χ2v) is 7.27. The summed E-state index contributed by atoms with van der Waals surface area (Å²) in [6, 6.07) is 21.5. The molecule has 0 fully saturated rings. The Balaban J connectivity index is 1.67. The number of carbonyl (C=O) groups excluding carboxylic acids is 1. The number of carbonyl (C=O) groups is 1. The molecule has 1 amide bonds. The van der Waals surface area contributed by atoms with Crippen LogP contribution in [-0.4, -0.2) is 11.1 Å². The van der Waals surface area contributed by atoms with Gasteiger partial charge < -0.3 is 0 Å². The van der Waals surface area contributed by atoms with Crippen molar-refractivity contribution >= 4 is 34.6 Å². The molecule has 1 aliphatic heterocycles. The summed E-state index contributed by atoms with van der Waals surface area (Å²) in [6.07, 6.45) is 1.70. The molecule has 0 aromatic heterocycles. The van der Waals surface area contributed by atoms with Crippen LogP contribution in [0.5, 0.6) is 0 Å². The van der Waals surface area contributed by atoms with E-state index in [-0.39, 0.29) is 17.4 Å². The highest BCUT2D eigenvalue weighted by molar-refractivity contribution is 8.13. The summed E-state index contributed by atoms with van der Waals surface area (Å²) in [5.74, 6) is -0.692. The Bertz CT molecular complexity index is 1100. The largest absolute Gasteiger partial charge is 0.283 e. The van der Waals surface area contributed by atoms with Crippen molar-refractivity contribution in [2.45, 2.75) is 5.75 Å². The van der Waals surface area contributed by atoms with Gasteiger partial charge in [0, 0.05) is 5.75 Å². The van der Waals surface area contributed by atoms with Gasteiger partial charge in [-0.05, 0) is 47.5 Å². The molecule has 1 aliphatic rings. The zero-order chi connectivity index (χ0) is 20.2. The molecular weight excluding hydrogens is 390 g/mol. The third kappa shape index (κ3) is 4.27. The molecule has 0 aliphatic carbocycles. The second kappa shape index (κ2) is 8.41. The highest BCUT2D eigenvalue weighted by atomic mass is 32.2. The van der Waals surface area contributed by atoms with E-state index in [0.717, 1.165) is 5.56 Å². The molecule has 1 heterocycles. The number of halogens is 2. The van der Waals surface area contributed by atoms with Crippen molar-refractivity contribution in [3.05, 3.63) is 107 Å². The number of benzene rings is 3. The molecule has 0 saturated heterocycles. The first kappa shape index (κ1) is 19.1. The van der Waals surface area contributed by atoms with Crippen LogP contribution in [0.2, 0.25) is 0 Å². The average Bonchev–Trinajstić information content (AvgIpc) is 3.04. The third-order valence-corrected chi connectivity index (χ3v) is 5.32. The lowest BCUT2D eigenvalue weighted by molar-refractivity contribution is -0.113. The van der Waals surface area contributed by atoms with Gasteiger partial charge in [-0.1, -0.05) is 60.3 Å². The van der Waals surface area contributed by atoms with Gasteiger partial charge in [0.2, 0.25) is 0 Å². The van der Waals surface area contributed by atoms with Crippen LogP contribution in [0.25, 0.3) is 6.08 Å². The standard InChI is InChI=1S/C23H16F2N2OS/c24-18-10-12-19(13-11-18)27-22(28)21(14-16-6-2-1-3-7-16)26-23(27)29-15-17-8-4-5-9-20(17)25/h1-14H,15H2/b21-14+. The van der Waals surface area contributed by atoms with Crippen molar-refractivity contribution in [3.63, 3.8) is 0 Å². The first-order valence-electron chi connectivity index (χ1n) is 8.93. The van der Waals surface area contributed by atoms with E-state index < -0.39 is 5.82 Å². The molecule has 3 nitrogen and oxygen atoms in total. The number of thioether (sulfide) groups is 1. The Morgan fingerprint density at radius 2 is 1.59 bits per heavy atom. The smallest absolute Gasteiger partial charge is 0.266 e. The van der Waals surface area contributed by atoms with E-state index in [9.17, 15) is 13.6 Å². The number of rotatable bonds is 4. The first-order chi connectivity index (χ1) is 14.1. The number of amidine groups is 1. The van der Waals surface area contributed by atoms with Crippen molar-refractivity contribution in [2.75, 3.05) is 4.90 Å². The van der Waals surface area contributed by atoms with E-state index in [2.05, 4.69) is 4.99 Å². The summed E-state index contributed by atoms with van der Waals surface area (Å²) in [7, 11) is 0. The van der Waals surface area contributed by atoms with Crippen LogP contribution in [-0.2, 0) is 10.5 Å². The van der Waals surface area contributed by atoms with Crippen molar-refractivity contribution in [1.29, 1.82) is 0 Å². The quantitative estimate of drug-likeness (QED) is 0.525. The van der Waals surface area contributed by atoms with Crippen LogP contribution in [0, 0.1) is 11.6 Å². The summed E-state index contributed by atoms with van der Waals surface area (Å²) in [6.45, 7) is 0. The Hall–Kier alpha value is -3.25. The van der Waals surface area contributed by atoms with Crippen molar-refractivity contribution in [2.24, 2.45) is 4.99 Å². The number of nitrogens with zero attached hydrogens (tertiary/aromatic N) is 2. The molecule has 0 N–H and O–H groups in total. The molecule has 0 spiro atoms. The monoisotopic (exact) mass is 406 g/mol. The lowest BCUT2D eigenvalue weighted by atomic mass is 10.2. The topological polar surface area (TPSA) is 32.7 Å². The maximum absolute atomic E-state index is 14.0. The Morgan fingerprint density at radius 3 is 2.31 bits per heavy atom. The molecule has 3 aromatic carbocycles. The van der Waals surface area contributed by atoms with Crippen LogP contribution in [0.1, 0.15) is 11.1 Å². The van der Waals surface area contributed by atoms with Gasteiger partial charge in [0.1, 0.15) is 17.3 Å².